The molecule has 2 saturated heterocycles. The summed E-state index contributed by atoms with van der Waals surface area (Å²) in [6, 6.07) is 9.33. The molecule has 33 heavy (non-hydrogen) atoms. The minimum absolute atomic E-state index is 0.0229. The fourth-order valence-corrected chi connectivity index (χ4v) is 6.85. The monoisotopic (exact) mass is 490 g/mol. The fraction of sp³-hybridized carbons (Fsp3) is 0.364. The van der Waals surface area contributed by atoms with Gasteiger partial charge in [0.2, 0.25) is 15.9 Å². The molecular weight excluding hydrogens is 467 g/mol. The van der Waals surface area contributed by atoms with Crippen LogP contribution in [0.4, 0.5) is 15.2 Å². The van der Waals surface area contributed by atoms with Gasteiger partial charge in [0.1, 0.15) is 11.9 Å². The standard InChI is InChI=1S/C22H23FN4O4S2/c23-15-3-6-17(7-4-15)33(29,30)27-9-1-2-19(27)21(28)24-16-5-8-18-20(14-16)32-22(25-18)26-10-12-31-13-11-26/h3-8,14,19H,1-2,9-13H2,(H,24,28)/t19-/m1/s1. The predicted octanol–water partition coefficient (Wildman–Crippen LogP) is 3.06. The lowest BCUT2D eigenvalue weighted by Crippen LogP contribution is -2.43. The van der Waals surface area contributed by atoms with E-state index in [-0.39, 0.29) is 17.3 Å². The number of hydrogen-bond donors (Lipinski definition) is 1. The van der Waals surface area contributed by atoms with Crippen molar-refractivity contribution in [1.29, 1.82) is 0 Å². The Morgan fingerprint density at radius 3 is 2.64 bits per heavy atom. The molecule has 1 atom stereocenters. The number of carbonyl (C=O) groups is 1. The summed E-state index contributed by atoms with van der Waals surface area (Å²) < 4.78 is 46.9. The van der Waals surface area contributed by atoms with Gasteiger partial charge < -0.3 is 15.0 Å². The number of halogens is 1. The van der Waals surface area contributed by atoms with E-state index in [0.717, 1.165) is 40.6 Å². The lowest BCUT2D eigenvalue weighted by atomic mass is 10.2. The first kappa shape index (κ1) is 22.2. The molecule has 5 rings (SSSR count). The molecule has 2 fully saturated rings. The molecule has 1 N–H and O–H groups in total. The van der Waals surface area contributed by atoms with Crippen molar-refractivity contribution in [2.45, 2.75) is 23.8 Å². The number of benzene rings is 2. The zero-order valence-electron chi connectivity index (χ0n) is 17.7. The first-order valence-electron chi connectivity index (χ1n) is 10.7. The number of anilines is 2. The molecule has 2 aliphatic rings. The second kappa shape index (κ2) is 8.98. The number of nitrogens with zero attached hydrogens (tertiary/aromatic N) is 3. The van der Waals surface area contributed by atoms with Gasteiger partial charge >= 0.3 is 0 Å². The first-order chi connectivity index (χ1) is 15.9. The molecule has 0 radical (unpaired) electrons. The van der Waals surface area contributed by atoms with Gasteiger partial charge in [-0.3, -0.25) is 4.79 Å². The van der Waals surface area contributed by atoms with E-state index in [1.807, 2.05) is 12.1 Å². The van der Waals surface area contributed by atoms with Gasteiger partial charge in [-0.1, -0.05) is 11.3 Å². The number of rotatable bonds is 5. The third kappa shape index (κ3) is 4.45. The van der Waals surface area contributed by atoms with Gasteiger partial charge in [0.25, 0.3) is 0 Å². The quantitative estimate of drug-likeness (QED) is 0.591. The van der Waals surface area contributed by atoms with Crippen LogP contribution in [-0.2, 0) is 19.6 Å². The van der Waals surface area contributed by atoms with Crippen LogP contribution in [-0.4, -0.2) is 62.5 Å². The molecular formula is C22H23FN4O4S2. The fourth-order valence-electron chi connectivity index (χ4n) is 4.14. The summed E-state index contributed by atoms with van der Waals surface area (Å²) in [5.74, 6) is -0.893. The molecule has 1 aromatic heterocycles. The number of nitrogens with one attached hydrogen (secondary N) is 1. The Morgan fingerprint density at radius 1 is 1.12 bits per heavy atom. The molecule has 2 aromatic carbocycles. The van der Waals surface area contributed by atoms with Gasteiger partial charge in [0.15, 0.2) is 5.13 Å². The van der Waals surface area contributed by atoms with E-state index in [0.29, 0.717) is 31.7 Å². The summed E-state index contributed by atoms with van der Waals surface area (Å²) in [5, 5.41) is 3.79. The second-order valence-corrected chi connectivity index (χ2v) is 10.9. The van der Waals surface area contributed by atoms with Gasteiger partial charge in [-0.15, -0.1) is 0 Å². The number of aromatic nitrogens is 1. The summed E-state index contributed by atoms with van der Waals surface area (Å²) >= 11 is 1.55. The minimum atomic E-state index is -3.90. The lowest BCUT2D eigenvalue weighted by molar-refractivity contribution is -0.119. The molecule has 11 heteroatoms. The van der Waals surface area contributed by atoms with Gasteiger partial charge in [0.05, 0.1) is 28.3 Å². The van der Waals surface area contributed by atoms with E-state index < -0.39 is 21.9 Å². The molecule has 0 bridgehead atoms. The van der Waals surface area contributed by atoms with E-state index in [4.69, 9.17) is 4.74 Å². The number of morpholine rings is 1. The molecule has 174 valence electrons. The molecule has 0 saturated carbocycles. The lowest BCUT2D eigenvalue weighted by Gasteiger charge is -2.25. The molecule has 0 unspecified atom stereocenters. The molecule has 3 aromatic rings. The zero-order chi connectivity index (χ0) is 23.0. The van der Waals surface area contributed by atoms with Crippen LogP contribution in [0.5, 0.6) is 0 Å². The molecule has 0 aliphatic carbocycles. The summed E-state index contributed by atoms with van der Waals surface area (Å²) in [6.07, 6.45) is 1.01. The Balaban J connectivity index is 1.33. The van der Waals surface area contributed by atoms with Gasteiger partial charge in [0, 0.05) is 25.3 Å². The number of amides is 1. The van der Waals surface area contributed by atoms with Crippen LogP contribution >= 0.6 is 11.3 Å². The van der Waals surface area contributed by atoms with Gasteiger partial charge in [-0.25, -0.2) is 17.8 Å². The minimum Gasteiger partial charge on any atom is -0.378 e. The van der Waals surface area contributed by atoms with Crippen molar-refractivity contribution in [2.75, 3.05) is 43.1 Å². The van der Waals surface area contributed by atoms with Crippen molar-refractivity contribution in [2.24, 2.45) is 0 Å². The summed E-state index contributed by atoms with van der Waals surface area (Å²) in [7, 11) is -3.90. The highest BCUT2D eigenvalue weighted by atomic mass is 32.2. The third-order valence-electron chi connectivity index (χ3n) is 5.85. The average molecular weight is 491 g/mol. The molecule has 8 nitrogen and oxygen atoms in total. The van der Waals surface area contributed by atoms with E-state index in [9.17, 15) is 17.6 Å². The molecule has 0 spiro atoms. The van der Waals surface area contributed by atoms with Crippen molar-refractivity contribution in [3.8, 4) is 0 Å². The topological polar surface area (TPSA) is 91.8 Å². The van der Waals surface area contributed by atoms with Gasteiger partial charge in [-0.2, -0.15) is 4.31 Å². The largest absolute Gasteiger partial charge is 0.378 e. The Bertz CT molecular complexity index is 1270. The zero-order valence-corrected chi connectivity index (χ0v) is 19.4. The van der Waals surface area contributed by atoms with Crippen molar-refractivity contribution < 1.29 is 22.3 Å². The number of thiazole rings is 1. The number of carbonyl (C=O) groups excluding carboxylic acids is 1. The smallest absolute Gasteiger partial charge is 0.243 e. The Kier molecular flexibility index (Phi) is 6.04. The third-order valence-corrected chi connectivity index (χ3v) is 8.85. The van der Waals surface area contributed by atoms with Crippen LogP contribution in [0.25, 0.3) is 10.2 Å². The second-order valence-electron chi connectivity index (χ2n) is 8.00. The van der Waals surface area contributed by atoms with Crippen molar-refractivity contribution in [1.82, 2.24) is 9.29 Å². The van der Waals surface area contributed by atoms with Crippen LogP contribution < -0.4 is 10.2 Å². The maximum absolute atomic E-state index is 13.2. The number of fused-ring (bicyclic) bond motifs is 1. The van der Waals surface area contributed by atoms with Crippen LogP contribution in [0.15, 0.2) is 47.4 Å². The van der Waals surface area contributed by atoms with Crippen molar-refractivity contribution in [3.05, 3.63) is 48.3 Å². The SMILES string of the molecule is O=C(Nc1ccc2nc(N3CCOCC3)sc2c1)[C@H]1CCCN1S(=O)(=O)c1ccc(F)cc1. The Hall–Kier alpha value is -2.60. The summed E-state index contributed by atoms with van der Waals surface area (Å²) in [4.78, 5) is 19.9. The van der Waals surface area contributed by atoms with E-state index in [1.165, 1.54) is 16.4 Å². The van der Waals surface area contributed by atoms with E-state index >= 15 is 0 Å². The maximum atomic E-state index is 13.2. The summed E-state index contributed by atoms with van der Waals surface area (Å²) in [6.45, 7) is 3.19. The number of ether oxygens (including phenoxy) is 1. The van der Waals surface area contributed by atoms with Crippen LogP contribution in [0.1, 0.15) is 12.8 Å². The molecule has 1 amide bonds. The average Bonchev–Trinajstić information content (AvgIpc) is 3.48. The maximum Gasteiger partial charge on any atom is 0.243 e. The van der Waals surface area contributed by atoms with Gasteiger partial charge in [-0.05, 0) is 55.3 Å². The van der Waals surface area contributed by atoms with Crippen LogP contribution in [0.2, 0.25) is 0 Å². The number of hydrogen-bond acceptors (Lipinski definition) is 7. The molecule has 3 heterocycles. The summed E-state index contributed by atoms with van der Waals surface area (Å²) in [5.41, 5.74) is 1.44. The van der Waals surface area contributed by atoms with Crippen molar-refractivity contribution in [3.63, 3.8) is 0 Å². The highest BCUT2D eigenvalue weighted by molar-refractivity contribution is 7.89. The Morgan fingerprint density at radius 2 is 1.88 bits per heavy atom. The van der Waals surface area contributed by atoms with E-state index in [1.54, 1.807) is 17.4 Å². The highest BCUT2D eigenvalue weighted by Gasteiger charge is 2.39. The number of sulfonamides is 1. The highest BCUT2D eigenvalue weighted by Crippen LogP contribution is 2.32. The van der Waals surface area contributed by atoms with Crippen LogP contribution in [0, 0.1) is 5.82 Å². The first-order valence-corrected chi connectivity index (χ1v) is 13.0. The normalized spacial score (nSPS) is 19.8. The van der Waals surface area contributed by atoms with Crippen LogP contribution in [0.3, 0.4) is 0 Å². The Labute approximate surface area is 195 Å². The predicted molar refractivity (Wildman–Crippen MR) is 125 cm³/mol. The van der Waals surface area contributed by atoms with E-state index in [2.05, 4.69) is 15.2 Å². The molecule has 2 aliphatic heterocycles. The van der Waals surface area contributed by atoms with Crippen molar-refractivity contribution >= 4 is 48.3 Å².